The zero-order valence-corrected chi connectivity index (χ0v) is 15.7. The van der Waals surface area contributed by atoms with E-state index in [4.69, 9.17) is 18.0 Å². The predicted octanol–water partition coefficient (Wildman–Crippen LogP) is 5.19. The molecule has 3 aromatic heterocycles. The number of rotatable bonds is 4. The topological polar surface area (TPSA) is 82.8 Å². The van der Waals surface area contributed by atoms with Crippen LogP contribution in [0.5, 0.6) is 5.75 Å². The molecular weight excluding hydrogens is 416 g/mol. The first-order chi connectivity index (χ1) is 13.1. The van der Waals surface area contributed by atoms with Crippen molar-refractivity contribution in [2.24, 2.45) is 0 Å². The Balaban J connectivity index is 1.90. The minimum atomic E-state index is -0.813. The van der Waals surface area contributed by atoms with Gasteiger partial charge in [-0.15, -0.1) is 0 Å². The molecule has 136 valence electrons. The summed E-state index contributed by atoms with van der Waals surface area (Å²) in [5.74, 6) is -0.790. The van der Waals surface area contributed by atoms with Crippen LogP contribution in [0.2, 0.25) is 0 Å². The van der Waals surface area contributed by atoms with Gasteiger partial charge < -0.3 is 18.0 Å². The van der Waals surface area contributed by atoms with Crippen LogP contribution in [0.3, 0.4) is 0 Å². The Hall–Kier alpha value is -3.06. The zero-order valence-electron chi connectivity index (χ0n) is 14.2. The number of furan rings is 2. The molecule has 0 unspecified atom stereocenters. The summed E-state index contributed by atoms with van der Waals surface area (Å²) in [5, 5.41) is 0.327. The van der Waals surface area contributed by atoms with Gasteiger partial charge in [0.1, 0.15) is 5.58 Å². The Morgan fingerprint density at radius 1 is 1.15 bits per heavy atom. The molecule has 27 heavy (non-hydrogen) atoms. The molecule has 0 saturated carbocycles. The number of ether oxygens (including phenoxy) is 1. The molecule has 0 atom stereocenters. The molecular formula is C20H13BrO6. The third-order valence-electron chi connectivity index (χ3n) is 4.04. The molecule has 7 heteroatoms. The smallest absolute Gasteiger partial charge is 0.379 e. The maximum Gasteiger partial charge on any atom is 0.379 e. The predicted molar refractivity (Wildman–Crippen MR) is 101 cm³/mol. The van der Waals surface area contributed by atoms with E-state index in [9.17, 15) is 9.59 Å². The fourth-order valence-corrected chi connectivity index (χ4v) is 2.98. The van der Waals surface area contributed by atoms with E-state index in [1.165, 1.54) is 12.3 Å². The first kappa shape index (κ1) is 17.4. The molecule has 0 N–H and O–H groups in total. The quantitative estimate of drug-likeness (QED) is 0.416. The Bertz CT molecular complexity index is 1180. The van der Waals surface area contributed by atoms with Gasteiger partial charge in [-0.05, 0) is 64.3 Å². The monoisotopic (exact) mass is 428 g/mol. The highest BCUT2D eigenvalue weighted by molar-refractivity contribution is 9.10. The number of halogens is 1. The molecule has 0 bridgehead atoms. The van der Waals surface area contributed by atoms with Gasteiger partial charge in [0.05, 0.1) is 11.6 Å². The summed E-state index contributed by atoms with van der Waals surface area (Å²) < 4.78 is 22.1. The zero-order chi connectivity index (χ0) is 19.0. The van der Waals surface area contributed by atoms with Crippen molar-refractivity contribution in [1.82, 2.24) is 0 Å². The molecule has 0 spiro atoms. The maximum absolute atomic E-state index is 13.1. The summed E-state index contributed by atoms with van der Waals surface area (Å²) in [6, 6.07) is 11.6. The largest absolute Gasteiger partial charge is 0.461 e. The van der Waals surface area contributed by atoms with E-state index in [0.29, 0.717) is 15.6 Å². The number of benzene rings is 1. The molecule has 0 amide bonds. The number of carbonyl (C=O) groups is 1. The van der Waals surface area contributed by atoms with Crippen LogP contribution < -0.4 is 10.2 Å². The van der Waals surface area contributed by atoms with E-state index < -0.39 is 11.4 Å². The van der Waals surface area contributed by atoms with Crippen molar-refractivity contribution >= 4 is 32.9 Å². The average Bonchev–Trinajstić information content (AvgIpc) is 3.35. The average molecular weight is 429 g/mol. The molecule has 6 nitrogen and oxygen atoms in total. The summed E-state index contributed by atoms with van der Waals surface area (Å²) in [6.45, 7) is 1.98. The standard InChI is InChI=1S/C20H13BrO6/c1-2-11-5-6-13-12(10-11)17(22)19(18(26-13)14-4-3-9-24-14)27-20(23)15-7-8-16(21)25-15/h3-10H,2H2,1H3. The summed E-state index contributed by atoms with van der Waals surface area (Å²) in [5.41, 5.74) is 0.883. The number of carbonyl (C=O) groups excluding carboxylic acids is 1. The van der Waals surface area contributed by atoms with Crippen LogP contribution in [0.1, 0.15) is 23.0 Å². The van der Waals surface area contributed by atoms with Crippen molar-refractivity contribution in [1.29, 1.82) is 0 Å². The number of hydrogen-bond acceptors (Lipinski definition) is 6. The highest BCUT2D eigenvalue weighted by Crippen LogP contribution is 2.32. The molecule has 0 aliphatic rings. The minimum absolute atomic E-state index is 0.0423. The highest BCUT2D eigenvalue weighted by atomic mass is 79.9. The van der Waals surface area contributed by atoms with Gasteiger partial charge in [0, 0.05) is 0 Å². The molecule has 4 rings (SSSR count). The molecule has 3 heterocycles. The van der Waals surface area contributed by atoms with Crippen LogP contribution in [0.15, 0.2) is 71.4 Å². The van der Waals surface area contributed by atoms with Crippen LogP contribution in [-0.2, 0) is 6.42 Å². The number of fused-ring (bicyclic) bond motifs is 1. The second-order valence-corrected chi connectivity index (χ2v) is 6.53. The third-order valence-corrected chi connectivity index (χ3v) is 4.46. The molecule has 1 aromatic carbocycles. The van der Waals surface area contributed by atoms with Crippen LogP contribution in [-0.4, -0.2) is 5.97 Å². The van der Waals surface area contributed by atoms with Gasteiger partial charge in [0.15, 0.2) is 10.4 Å². The van der Waals surface area contributed by atoms with Gasteiger partial charge >= 0.3 is 5.97 Å². The van der Waals surface area contributed by atoms with Crippen LogP contribution >= 0.6 is 15.9 Å². The van der Waals surface area contributed by atoms with Crippen molar-refractivity contribution in [3.63, 3.8) is 0 Å². The highest BCUT2D eigenvalue weighted by Gasteiger charge is 2.24. The fourth-order valence-electron chi connectivity index (χ4n) is 2.67. The Kier molecular flexibility index (Phi) is 4.45. The van der Waals surface area contributed by atoms with Crippen LogP contribution in [0, 0.1) is 0 Å². The summed E-state index contributed by atoms with van der Waals surface area (Å²) in [4.78, 5) is 25.5. The number of hydrogen-bond donors (Lipinski definition) is 0. The van der Waals surface area contributed by atoms with E-state index in [0.717, 1.165) is 12.0 Å². The molecule has 4 aromatic rings. The van der Waals surface area contributed by atoms with Gasteiger partial charge in [-0.1, -0.05) is 13.0 Å². The summed E-state index contributed by atoms with van der Waals surface area (Å²) >= 11 is 3.13. The van der Waals surface area contributed by atoms with Crippen molar-refractivity contribution in [3.8, 4) is 17.3 Å². The first-order valence-corrected chi connectivity index (χ1v) is 8.97. The van der Waals surface area contributed by atoms with Gasteiger partial charge in [-0.25, -0.2) is 4.79 Å². The minimum Gasteiger partial charge on any atom is -0.461 e. The van der Waals surface area contributed by atoms with E-state index in [2.05, 4.69) is 15.9 Å². The SMILES string of the molecule is CCc1ccc2oc(-c3ccco3)c(OC(=O)c3ccc(Br)o3)c(=O)c2c1. The summed E-state index contributed by atoms with van der Waals surface area (Å²) in [7, 11) is 0. The van der Waals surface area contributed by atoms with Crippen LogP contribution in [0.25, 0.3) is 22.5 Å². The fraction of sp³-hybridized carbons (Fsp3) is 0.100. The second-order valence-electron chi connectivity index (χ2n) is 5.74. The molecule has 0 saturated heterocycles. The lowest BCUT2D eigenvalue weighted by Crippen LogP contribution is -2.16. The van der Waals surface area contributed by atoms with Crippen molar-refractivity contribution in [2.45, 2.75) is 13.3 Å². The number of aryl methyl sites for hydroxylation is 1. The van der Waals surface area contributed by atoms with E-state index in [-0.39, 0.29) is 23.0 Å². The van der Waals surface area contributed by atoms with Crippen molar-refractivity contribution < 1.29 is 22.8 Å². The van der Waals surface area contributed by atoms with E-state index >= 15 is 0 Å². The normalized spacial score (nSPS) is 11.0. The lowest BCUT2D eigenvalue weighted by Gasteiger charge is -2.09. The van der Waals surface area contributed by atoms with Crippen molar-refractivity contribution in [3.05, 3.63) is 74.9 Å². The molecule has 0 fully saturated rings. The van der Waals surface area contributed by atoms with Gasteiger partial charge in [0.25, 0.3) is 0 Å². The van der Waals surface area contributed by atoms with Crippen LogP contribution in [0.4, 0.5) is 0 Å². The maximum atomic E-state index is 13.1. The van der Waals surface area contributed by atoms with E-state index in [1.807, 2.05) is 13.0 Å². The lowest BCUT2D eigenvalue weighted by molar-refractivity contribution is 0.0696. The molecule has 0 aliphatic heterocycles. The van der Waals surface area contributed by atoms with Crippen molar-refractivity contribution in [2.75, 3.05) is 0 Å². The summed E-state index contributed by atoms with van der Waals surface area (Å²) in [6.07, 6.45) is 2.19. The molecule has 0 aliphatic carbocycles. The Morgan fingerprint density at radius 3 is 2.67 bits per heavy atom. The van der Waals surface area contributed by atoms with Gasteiger partial charge in [-0.2, -0.15) is 0 Å². The Labute approximate surface area is 161 Å². The van der Waals surface area contributed by atoms with E-state index in [1.54, 1.807) is 30.3 Å². The lowest BCUT2D eigenvalue weighted by atomic mass is 10.1. The van der Waals surface area contributed by atoms with Gasteiger partial charge in [0.2, 0.25) is 22.7 Å². The second kappa shape index (κ2) is 6.92. The first-order valence-electron chi connectivity index (χ1n) is 8.18. The number of esters is 1. The van der Waals surface area contributed by atoms with Gasteiger partial charge in [-0.3, -0.25) is 4.79 Å². The Morgan fingerprint density at radius 2 is 2.00 bits per heavy atom. The molecule has 0 radical (unpaired) electrons. The third kappa shape index (κ3) is 3.21.